The number of nitrogens with one attached hydrogen (secondary N) is 1. The van der Waals surface area contributed by atoms with Gasteiger partial charge in [-0.15, -0.1) is 0 Å². The van der Waals surface area contributed by atoms with Crippen molar-refractivity contribution in [1.82, 2.24) is 5.43 Å². The maximum Gasteiger partial charge on any atom is 0.250 e. The van der Waals surface area contributed by atoms with Crippen LogP contribution < -0.4 is 10.4 Å². The van der Waals surface area contributed by atoms with E-state index in [4.69, 9.17) is 0 Å². The van der Waals surface area contributed by atoms with Crippen LogP contribution in [0.2, 0.25) is 0 Å². The van der Waals surface area contributed by atoms with E-state index in [1.807, 2.05) is 13.8 Å². The predicted molar refractivity (Wildman–Crippen MR) is 70.5 cm³/mol. The van der Waals surface area contributed by atoms with Gasteiger partial charge in [0.1, 0.15) is 5.69 Å². The largest absolute Gasteiger partial charge is 0.273 e. The first-order valence-electron chi connectivity index (χ1n) is 5.94. The molecular formula is C13H12BrFN2O2. The van der Waals surface area contributed by atoms with Gasteiger partial charge in [-0.3, -0.25) is 15.0 Å². The van der Waals surface area contributed by atoms with Gasteiger partial charge in [0.25, 0.3) is 0 Å². The van der Waals surface area contributed by atoms with Crippen molar-refractivity contribution in [1.29, 1.82) is 0 Å². The lowest BCUT2D eigenvalue weighted by molar-refractivity contribution is -0.131. The molecule has 1 aromatic rings. The standard InChI is InChI=1S/C13H12BrFN2O2/c1-13(2)8-9(13)12(19)17(16-11(8)18)7-5-3-4-6(14)10(7)15/h3-5,8-9H,1-2H3,(H,16,18). The van der Waals surface area contributed by atoms with Gasteiger partial charge in [-0.25, -0.2) is 9.40 Å². The highest BCUT2D eigenvalue weighted by Crippen LogP contribution is 2.60. The number of carbonyl (C=O) groups excluding carboxylic acids is 2. The van der Waals surface area contributed by atoms with Crippen LogP contribution in [-0.4, -0.2) is 11.8 Å². The summed E-state index contributed by atoms with van der Waals surface area (Å²) in [7, 11) is 0. The smallest absolute Gasteiger partial charge is 0.250 e. The Morgan fingerprint density at radius 2 is 2.00 bits per heavy atom. The molecule has 0 bridgehead atoms. The van der Waals surface area contributed by atoms with Crippen LogP contribution in [0.3, 0.4) is 0 Å². The third-order valence-corrected chi connectivity index (χ3v) is 4.60. The number of hydrogen-bond donors (Lipinski definition) is 1. The van der Waals surface area contributed by atoms with E-state index in [2.05, 4.69) is 21.4 Å². The van der Waals surface area contributed by atoms with E-state index in [1.54, 1.807) is 12.1 Å². The number of hydrazine groups is 1. The molecule has 0 aromatic heterocycles. The van der Waals surface area contributed by atoms with Gasteiger partial charge in [-0.1, -0.05) is 19.9 Å². The SMILES string of the molecule is CC1(C)C2C(=O)NN(c3cccc(Br)c3F)C(=O)C21. The normalized spacial score (nSPS) is 27.9. The van der Waals surface area contributed by atoms with Crippen LogP contribution in [0.15, 0.2) is 22.7 Å². The van der Waals surface area contributed by atoms with E-state index in [1.165, 1.54) is 6.07 Å². The fourth-order valence-electron chi connectivity index (χ4n) is 2.81. The molecule has 100 valence electrons. The summed E-state index contributed by atoms with van der Waals surface area (Å²) in [6, 6.07) is 4.62. The third kappa shape index (κ3) is 1.62. The molecule has 2 aliphatic rings. The molecule has 0 spiro atoms. The lowest BCUT2D eigenvalue weighted by Crippen LogP contribution is -2.52. The fourth-order valence-corrected chi connectivity index (χ4v) is 3.16. The topological polar surface area (TPSA) is 49.4 Å². The van der Waals surface area contributed by atoms with Crippen LogP contribution in [0.25, 0.3) is 0 Å². The van der Waals surface area contributed by atoms with Gasteiger partial charge in [-0.2, -0.15) is 0 Å². The summed E-state index contributed by atoms with van der Waals surface area (Å²) in [6.07, 6.45) is 0. The quantitative estimate of drug-likeness (QED) is 0.860. The molecule has 4 nitrogen and oxygen atoms in total. The van der Waals surface area contributed by atoms with Gasteiger partial charge in [0.05, 0.1) is 16.3 Å². The third-order valence-electron chi connectivity index (χ3n) is 3.99. The highest BCUT2D eigenvalue weighted by atomic mass is 79.9. The number of amides is 2. The van der Waals surface area contributed by atoms with E-state index in [0.717, 1.165) is 5.01 Å². The Morgan fingerprint density at radius 1 is 1.32 bits per heavy atom. The van der Waals surface area contributed by atoms with Crippen LogP contribution in [-0.2, 0) is 9.59 Å². The van der Waals surface area contributed by atoms with Gasteiger partial charge >= 0.3 is 0 Å². The first-order valence-corrected chi connectivity index (χ1v) is 6.73. The van der Waals surface area contributed by atoms with E-state index < -0.39 is 5.82 Å². The van der Waals surface area contributed by atoms with E-state index in [-0.39, 0.29) is 39.2 Å². The molecule has 19 heavy (non-hydrogen) atoms. The summed E-state index contributed by atoms with van der Waals surface area (Å²) in [4.78, 5) is 24.3. The molecule has 2 amide bonds. The zero-order valence-corrected chi connectivity index (χ0v) is 12.0. The Balaban J connectivity index is 2.01. The monoisotopic (exact) mass is 326 g/mol. The fraction of sp³-hybridized carbons (Fsp3) is 0.385. The Labute approximate surface area is 118 Å². The molecule has 1 saturated carbocycles. The molecule has 2 fully saturated rings. The Hall–Kier alpha value is -1.43. The molecule has 1 heterocycles. The van der Waals surface area contributed by atoms with Gasteiger partial charge in [0.15, 0.2) is 5.82 Å². The van der Waals surface area contributed by atoms with Crippen LogP contribution in [0.5, 0.6) is 0 Å². The zero-order chi connectivity index (χ0) is 13.9. The molecule has 1 aliphatic carbocycles. The first-order chi connectivity index (χ1) is 8.85. The lowest BCUT2D eigenvalue weighted by Gasteiger charge is -2.27. The maximum absolute atomic E-state index is 14.0. The average Bonchev–Trinajstić information content (AvgIpc) is 2.92. The second-order valence-electron chi connectivity index (χ2n) is 5.50. The van der Waals surface area contributed by atoms with Crippen LogP contribution in [0.4, 0.5) is 10.1 Å². The second-order valence-corrected chi connectivity index (χ2v) is 6.35. The van der Waals surface area contributed by atoms with E-state index in [0.29, 0.717) is 0 Å². The zero-order valence-electron chi connectivity index (χ0n) is 10.4. The highest BCUT2D eigenvalue weighted by Gasteiger charge is 2.69. The molecule has 0 radical (unpaired) electrons. The van der Waals surface area contributed by atoms with Crippen molar-refractivity contribution in [3.63, 3.8) is 0 Å². The number of anilines is 1. The molecule has 2 atom stereocenters. The number of benzene rings is 1. The molecule has 2 unspecified atom stereocenters. The molecule has 6 heteroatoms. The summed E-state index contributed by atoms with van der Waals surface area (Å²) >= 11 is 3.07. The Bertz CT molecular complexity index is 602. The molecular weight excluding hydrogens is 315 g/mol. The van der Waals surface area contributed by atoms with Crippen molar-refractivity contribution in [2.45, 2.75) is 13.8 Å². The maximum atomic E-state index is 14.0. The summed E-state index contributed by atoms with van der Waals surface area (Å²) in [5.74, 6) is -1.71. The minimum Gasteiger partial charge on any atom is -0.273 e. The number of rotatable bonds is 1. The van der Waals surface area contributed by atoms with Crippen LogP contribution in [0.1, 0.15) is 13.8 Å². The van der Waals surface area contributed by atoms with E-state index >= 15 is 0 Å². The molecule has 1 saturated heterocycles. The van der Waals surface area contributed by atoms with Gasteiger partial charge in [0.2, 0.25) is 11.8 Å². The van der Waals surface area contributed by atoms with Gasteiger partial charge in [0, 0.05) is 0 Å². The highest BCUT2D eigenvalue weighted by molar-refractivity contribution is 9.10. The minimum atomic E-state index is -0.562. The van der Waals surface area contributed by atoms with Crippen LogP contribution in [0, 0.1) is 23.1 Å². The molecule has 1 aromatic carbocycles. The van der Waals surface area contributed by atoms with Crippen molar-refractivity contribution in [2.75, 3.05) is 5.01 Å². The Morgan fingerprint density at radius 3 is 2.68 bits per heavy atom. The van der Waals surface area contributed by atoms with Crippen molar-refractivity contribution in [2.24, 2.45) is 17.3 Å². The van der Waals surface area contributed by atoms with Gasteiger partial charge < -0.3 is 0 Å². The first kappa shape index (κ1) is 12.6. The number of hydrogen-bond acceptors (Lipinski definition) is 2. The lowest BCUT2D eigenvalue weighted by atomic mass is 10.1. The predicted octanol–water partition coefficient (Wildman–Crippen LogP) is 2.24. The molecule has 1 N–H and O–H groups in total. The Kier molecular flexibility index (Phi) is 2.51. The van der Waals surface area contributed by atoms with Crippen molar-refractivity contribution in [3.05, 3.63) is 28.5 Å². The van der Waals surface area contributed by atoms with Crippen molar-refractivity contribution >= 4 is 33.4 Å². The van der Waals surface area contributed by atoms with E-state index in [9.17, 15) is 14.0 Å². The molecule has 1 aliphatic heterocycles. The van der Waals surface area contributed by atoms with Gasteiger partial charge in [-0.05, 0) is 33.5 Å². The van der Waals surface area contributed by atoms with Crippen LogP contribution >= 0.6 is 15.9 Å². The second kappa shape index (κ2) is 3.79. The average molecular weight is 327 g/mol. The number of nitrogens with zero attached hydrogens (tertiary/aromatic N) is 1. The summed E-state index contributed by atoms with van der Waals surface area (Å²) in [5.41, 5.74) is 2.20. The number of halogens is 2. The van der Waals surface area contributed by atoms with Crippen molar-refractivity contribution in [3.8, 4) is 0 Å². The minimum absolute atomic E-state index is 0.0638. The summed E-state index contributed by atoms with van der Waals surface area (Å²) < 4.78 is 14.3. The van der Waals surface area contributed by atoms with Crippen molar-refractivity contribution < 1.29 is 14.0 Å². The summed E-state index contributed by atoms with van der Waals surface area (Å²) in [5, 5.41) is 1.03. The number of fused-ring (bicyclic) bond motifs is 1. The number of carbonyl (C=O) groups is 2. The molecule has 3 rings (SSSR count). The summed E-state index contributed by atoms with van der Waals surface area (Å²) in [6.45, 7) is 3.75.